The maximum Gasteiger partial charge on any atom is 0.326 e. The third kappa shape index (κ3) is 7.17. The molecule has 3 rings (SSSR count). The lowest BCUT2D eigenvalue weighted by atomic mass is 9.74. The van der Waals surface area contributed by atoms with Crippen molar-refractivity contribution < 1.29 is 53.1 Å². The number of likely N-dealkylation sites (tertiary alicyclic amines) is 1. The number of amides is 3. The van der Waals surface area contributed by atoms with Gasteiger partial charge in [-0.25, -0.2) is 9.59 Å². The number of nitrogens with one attached hydrogen (secondary N) is 2. The molecule has 0 radical (unpaired) electrons. The van der Waals surface area contributed by atoms with Crippen LogP contribution < -0.4 is 10.6 Å². The molecule has 44 heavy (non-hydrogen) atoms. The average molecular weight is 624 g/mol. The Kier molecular flexibility index (Phi) is 12.5. The minimum Gasteiger partial charge on any atom is -0.480 e. The zero-order chi connectivity index (χ0) is 32.5. The summed E-state index contributed by atoms with van der Waals surface area (Å²) in [4.78, 5) is 66.1. The smallest absolute Gasteiger partial charge is 0.326 e. The predicted octanol–water partition coefficient (Wildman–Crippen LogP) is -0.112. The second-order valence-electron chi connectivity index (χ2n) is 11.5. The van der Waals surface area contributed by atoms with Gasteiger partial charge in [-0.15, -0.1) is 6.42 Å². The number of carboxylic acids is 2. The molecular formula is C30H45N3O11. The van der Waals surface area contributed by atoms with Crippen LogP contribution in [0.1, 0.15) is 46.5 Å². The maximum atomic E-state index is 13.6. The summed E-state index contributed by atoms with van der Waals surface area (Å²) in [5.41, 5.74) is -2.11. The molecule has 7 atom stereocenters. The normalized spacial score (nSPS) is 28.2. The number of carbonyl (C=O) groups is 5. The van der Waals surface area contributed by atoms with Crippen molar-refractivity contribution in [1.29, 1.82) is 0 Å². The molecule has 1 spiro atoms. The summed E-state index contributed by atoms with van der Waals surface area (Å²) in [6.45, 7) is 7.52. The Morgan fingerprint density at radius 1 is 1.05 bits per heavy atom. The highest BCUT2D eigenvalue weighted by Crippen LogP contribution is 2.73. The molecule has 1 saturated carbocycles. The third-order valence-electron chi connectivity index (χ3n) is 9.28. The van der Waals surface area contributed by atoms with Gasteiger partial charge in [0, 0.05) is 12.0 Å². The number of aliphatic carboxylic acids is 2. The lowest BCUT2D eigenvalue weighted by Gasteiger charge is -2.41. The van der Waals surface area contributed by atoms with Gasteiger partial charge in [0.15, 0.2) is 0 Å². The number of rotatable bonds is 20. The fourth-order valence-electron chi connectivity index (χ4n) is 6.83. The molecule has 0 bridgehead atoms. The Balaban J connectivity index is 1.61. The van der Waals surface area contributed by atoms with Crippen molar-refractivity contribution in [2.24, 2.45) is 23.2 Å². The quantitative estimate of drug-likeness (QED) is 0.105. The van der Waals surface area contributed by atoms with Gasteiger partial charge in [0.05, 0.1) is 70.0 Å². The van der Waals surface area contributed by atoms with E-state index in [9.17, 15) is 34.2 Å². The van der Waals surface area contributed by atoms with Gasteiger partial charge >= 0.3 is 11.9 Å². The van der Waals surface area contributed by atoms with Crippen molar-refractivity contribution in [2.75, 3.05) is 59.4 Å². The molecular weight excluding hydrogens is 578 g/mol. The molecule has 2 aliphatic heterocycles. The van der Waals surface area contributed by atoms with Crippen LogP contribution in [-0.2, 0) is 42.9 Å². The fraction of sp³-hybridized carbons (Fsp3) is 0.767. The molecule has 2 saturated heterocycles. The minimum absolute atomic E-state index is 0.0483. The Morgan fingerprint density at radius 3 is 2.16 bits per heavy atom. The van der Waals surface area contributed by atoms with E-state index < -0.39 is 58.6 Å². The molecule has 0 aromatic carbocycles. The van der Waals surface area contributed by atoms with E-state index in [1.54, 1.807) is 13.8 Å². The van der Waals surface area contributed by atoms with Gasteiger partial charge in [-0.3, -0.25) is 14.4 Å². The zero-order valence-corrected chi connectivity index (χ0v) is 25.7. The third-order valence-corrected chi connectivity index (χ3v) is 9.28. The van der Waals surface area contributed by atoms with E-state index in [1.807, 2.05) is 6.92 Å². The van der Waals surface area contributed by atoms with Crippen LogP contribution in [-0.4, -0.2) is 122 Å². The molecule has 14 nitrogen and oxygen atoms in total. The lowest BCUT2D eigenvalue weighted by Crippen LogP contribution is -2.63. The van der Waals surface area contributed by atoms with Gasteiger partial charge in [0.2, 0.25) is 17.7 Å². The molecule has 3 amide bonds. The second kappa shape index (κ2) is 15.7. The van der Waals surface area contributed by atoms with Gasteiger partial charge in [0.25, 0.3) is 0 Å². The summed E-state index contributed by atoms with van der Waals surface area (Å²) in [6, 6.07) is -2.38. The van der Waals surface area contributed by atoms with E-state index in [-0.39, 0.29) is 57.6 Å². The van der Waals surface area contributed by atoms with Crippen LogP contribution in [0, 0.1) is 35.5 Å². The van der Waals surface area contributed by atoms with E-state index in [1.165, 1.54) is 4.90 Å². The second-order valence-corrected chi connectivity index (χ2v) is 11.5. The van der Waals surface area contributed by atoms with Crippen LogP contribution in [0.15, 0.2) is 0 Å². The number of hydrogen-bond donors (Lipinski definition) is 4. The summed E-state index contributed by atoms with van der Waals surface area (Å²) in [5.74, 6) is -4.07. The first-order valence-corrected chi connectivity index (χ1v) is 15.1. The molecule has 2 unspecified atom stereocenters. The standard InChI is InChI=1S/C30H45N3O11/c1-5-9-41-11-13-43-15-16-44-14-12-42-10-8-21(34)33-17-20(25(35)31-23(27(37)38)19(4)6-2)22-26(36)32-24(28(39)40)29(7-3)18-30(22,29)33/h1,19-20,22-24H,6-18H2,2-4H3,(H,31,35)(H,32,36)(H,37,38)(H,39,40)/t19-,20+,22+,23-,24?,29?,30-/m0/s1. The van der Waals surface area contributed by atoms with Crippen LogP contribution in [0.2, 0.25) is 0 Å². The molecule has 0 aromatic rings. The summed E-state index contributed by atoms with van der Waals surface area (Å²) in [5, 5.41) is 24.8. The summed E-state index contributed by atoms with van der Waals surface area (Å²) in [6.07, 6.45) is 6.15. The van der Waals surface area contributed by atoms with Gasteiger partial charge in [-0.05, 0) is 18.8 Å². The van der Waals surface area contributed by atoms with Crippen LogP contribution in [0.4, 0.5) is 0 Å². The summed E-state index contributed by atoms with van der Waals surface area (Å²) in [7, 11) is 0. The predicted molar refractivity (Wildman–Crippen MR) is 154 cm³/mol. The fourth-order valence-corrected chi connectivity index (χ4v) is 6.83. The number of hydrogen-bond acceptors (Lipinski definition) is 9. The average Bonchev–Trinajstić information content (AvgIpc) is 3.55. The minimum atomic E-state index is -1.21. The van der Waals surface area contributed by atoms with Crippen molar-refractivity contribution in [1.82, 2.24) is 15.5 Å². The van der Waals surface area contributed by atoms with Crippen molar-refractivity contribution in [2.45, 2.75) is 64.1 Å². The molecule has 0 aromatic heterocycles. The first-order valence-electron chi connectivity index (χ1n) is 15.1. The Morgan fingerprint density at radius 2 is 1.64 bits per heavy atom. The number of carbonyl (C=O) groups excluding carboxylic acids is 3. The van der Waals surface area contributed by atoms with Crippen LogP contribution in [0.3, 0.4) is 0 Å². The molecule has 2 heterocycles. The summed E-state index contributed by atoms with van der Waals surface area (Å²) >= 11 is 0. The Labute approximate surface area is 257 Å². The van der Waals surface area contributed by atoms with Crippen molar-refractivity contribution in [3.8, 4) is 12.3 Å². The van der Waals surface area contributed by atoms with E-state index >= 15 is 0 Å². The number of terminal acetylenes is 1. The SMILES string of the molecule is C#CCOCCOCCOCCOCCC(=O)N1C[C@@H](C(=O)N[C@H](C(=O)O)[C@@H](C)CC)[C@@H]2C(=O)NC(C(=O)O)C3(CC)C[C@@]213. The van der Waals surface area contributed by atoms with Gasteiger partial charge in [-0.2, -0.15) is 0 Å². The Bertz CT molecular complexity index is 1110. The van der Waals surface area contributed by atoms with Crippen LogP contribution >= 0.6 is 0 Å². The number of carboxylic acid groups (broad SMARTS) is 2. The highest BCUT2D eigenvalue weighted by molar-refractivity contribution is 5.98. The van der Waals surface area contributed by atoms with E-state index in [2.05, 4.69) is 16.6 Å². The van der Waals surface area contributed by atoms with Crippen molar-refractivity contribution in [3.05, 3.63) is 0 Å². The van der Waals surface area contributed by atoms with Crippen molar-refractivity contribution in [3.63, 3.8) is 0 Å². The monoisotopic (exact) mass is 623 g/mol. The molecule has 246 valence electrons. The molecule has 14 heteroatoms. The van der Waals surface area contributed by atoms with Crippen LogP contribution in [0.5, 0.6) is 0 Å². The highest BCUT2D eigenvalue weighted by Gasteiger charge is 2.84. The summed E-state index contributed by atoms with van der Waals surface area (Å²) < 4.78 is 21.5. The van der Waals surface area contributed by atoms with Crippen molar-refractivity contribution >= 4 is 29.7 Å². The zero-order valence-electron chi connectivity index (χ0n) is 25.7. The van der Waals surface area contributed by atoms with Crippen LogP contribution in [0.25, 0.3) is 0 Å². The lowest BCUT2D eigenvalue weighted by molar-refractivity contribution is -0.152. The topological polar surface area (TPSA) is 190 Å². The van der Waals surface area contributed by atoms with E-state index in [4.69, 9.17) is 25.4 Å². The van der Waals surface area contributed by atoms with Gasteiger partial charge < -0.3 is 44.7 Å². The van der Waals surface area contributed by atoms with E-state index in [0.717, 1.165) is 0 Å². The first kappa shape index (κ1) is 35.2. The maximum absolute atomic E-state index is 13.6. The number of ether oxygens (including phenoxy) is 4. The highest BCUT2D eigenvalue weighted by atomic mass is 16.6. The van der Waals surface area contributed by atoms with Gasteiger partial charge in [-0.1, -0.05) is 33.1 Å². The largest absolute Gasteiger partial charge is 0.480 e. The van der Waals surface area contributed by atoms with Gasteiger partial charge in [0.1, 0.15) is 18.7 Å². The van der Waals surface area contributed by atoms with E-state index in [0.29, 0.717) is 39.3 Å². The Hall–Kier alpha value is -3.25. The number of piperidine rings is 1. The molecule has 3 fully saturated rings. The number of nitrogens with zero attached hydrogens (tertiary/aromatic N) is 1. The first-order chi connectivity index (χ1) is 21.0. The molecule has 1 aliphatic carbocycles. The molecule has 3 aliphatic rings. The molecule has 4 N–H and O–H groups in total.